The molecule has 1 fully saturated rings. The third-order valence-electron chi connectivity index (χ3n) is 3.55. The fourth-order valence-electron chi connectivity index (χ4n) is 2.58. The predicted molar refractivity (Wildman–Crippen MR) is 73.6 cm³/mol. The number of benzene rings is 1. The van der Waals surface area contributed by atoms with Crippen LogP contribution in [0.5, 0.6) is 0 Å². The number of aryl methyl sites for hydroxylation is 1. The molecule has 100 valence electrons. The van der Waals surface area contributed by atoms with E-state index in [4.69, 9.17) is 4.74 Å². The topological polar surface area (TPSA) is 39.1 Å². The maximum atomic E-state index is 5.86. The first kappa shape index (κ1) is 12.4. The molecule has 19 heavy (non-hydrogen) atoms. The minimum absolute atomic E-state index is 0.165. The molecular formula is C15H19N3O. The van der Waals surface area contributed by atoms with Gasteiger partial charge >= 0.3 is 0 Å². The van der Waals surface area contributed by atoms with E-state index >= 15 is 0 Å². The van der Waals surface area contributed by atoms with Gasteiger partial charge in [0.05, 0.1) is 12.3 Å². The van der Waals surface area contributed by atoms with Gasteiger partial charge in [-0.25, -0.2) is 0 Å². The summed E-state index contributed by atoms with van der Waals surface area (Å²) < 4.78 is 7.69. The molecule has 1 aromatic heterocycles. The van der Waals surface area contributed by atoms with Gasteiger partial charge in [-0.1, -0.05) is 30.3 Å². The number of nitrogens with zero attached hydrogens (tertiary/aromatic N) is 2. The molecule has 1 aliphatic heterocycles. The highest BCUT2D eigenvalue weighted by Crippen LogP contribution is 2.29. The van der Waals surface area contributed by atoms with Gasteiger partial charge in [0, 0.05) is 38.0 Å². The Bertz CT molecular complexity index is 523. The van der Waals surface area contributed by atoms with E-state index in [1.165, 1.54) is 11.1 Å². The second-order valence-corrected chi connectivity index (χ2v) is 5.00. The first-order chi connectivity index (χ1) is 9.33. The average Bonchev–Trinajstić information content (AvgIpc) is 3.06. The van der Waals surface area contributed by atoms with Crippen LogP contribution in [0.1, 0.15) is 23.7 Å². The van der Waals surface area contributed by atoms with Crippen molar-refractivity contribution in [3.05, 3.63) is 53.9 Å². The lowest BCUT2D eigenvalue weighted by molar-refractivity contribution is 0.0985. The molecule has 1 aromatic carbocycles. The van der Waals surface area contributed by atoms with Crippen molar-refractivity contribution in [2.24, 2.45) is 7.05 Å². The van der Waals surface area contributed by atoms with Crippen LogP contribution in [0.3, 0.4) is 0 Å². The van der Waals surface area contributed by atoms with Crippen molar-refractivity contribution in [1.29, 1.82) is 0 Å². The van der Waals surface area contributed by atoms with E-state index < -0.39 is 0 Å². The van der Waals surface area contributed by atoms with Crippen molar-refractivity contribution in [1.82, 2.24) is 15.1 Å². The van der Waals surface area contributed by atoms with Gasteiger partial charge in [-0.3, -0.25) is 4.68 Å². The Balaban J connectivity index is 1.64. The second-order valence-electron chi connectivity index (χ2n) is 5.00. The maximum Gasteiger partial charge on any atom is 0.0978 e. The smallest absolute Gasteiger partial charge is 0.0978 e. The molecule has 0 saturated carbocycles. The van der Waals surface area contributed by atoms with Crippen molar-refractivity contribution >= 4 is 0 Å². The van der Waals surface area contributed by atoms with Crippen LogP contribution in [-0.2, 0) is 18.3 Å². The van der Waals surface area contributed by atoms with Crippen LogP contribution in [0, 0.1) is 0 Å². The zero-order chi connectivity index (χ0) is 13.1. The van der Waals surface area contributed by atoms with E-state index in [1.54, 1.807) is 0 Å². The van der Waals surface area contributed by atoms with Gasteiger partial charge in [0.2, 0.25) is 0 Å². The van der Waals surface area contributed by atoms with Crippen LogP contribution in [-0.4, -0.2) is 22.4 Å². The van der Waals surface area contributed by atoms with Gasteiger partial charge in [-0.05, 0) is 12.0 Å². The summed E-state index contributed by atoms with van der Waals surface area (Å²) in [5.74, 6) is 0. The fourth-order valence-corrected chi connectivity index (χ4v) is 2.58. The Morgan fingerprint density at radius 2 is 2.21 bits per heavy atom. The molecule has 2 heterocycles. The Labute approximate surface area is 113 Å². The standard InChI is InChI=1S/C15H19N3O/c1-18-11-12(10-17-18)9-16-14-7-8-19-15(14)13-5-3-2-4-6-13/h2-6,10-11,14-16H,7-9H2,1H3. The van der Waals surface area contributed by atoms with Crippen LogP contribution >= 0.6 is 0 Å². The van der Waals surface area contributed by atoms with Crippen LogP contribution < -0.4 is 5.32 Å². The molecule has 2 aromatic rings. The Hall–Kier alpha value is -1.65. The lowest BCUT2D eigenvalue weighted by atomic mass is 10.0. The van der Waals surface area contributed by atoms with Crippen LogP contribution in [0.25, 0.3) is 0 Å². The summed E-state index contributed by atoms with van der Waals surface area (Å²) in [5.41, 5.74) is 2.46. The number of aromatic nitrogens is 2. The molecule has 2 atom stereocenters. The van der Waals surface area contributed by atoms with E-state index in [2.05, 4.69) is 34.7 Å². The summed E-state index contributed by atoms with van der Waals surface area (Å²) in [6.07, 6.45) is 5.17. The molecule has 2 unspecified atom stereocenters. The van der Waals surface area contributed by atoms with Gasteiger partial charge in [0.25, 0.3) is 0 Å². The monoisotopic (exact) mass is 257 g/mol. The van der Waals surface area contributed by atoms with E-state index in [9.17, 15) is 0 Å². The highest BCUT2D eigenvalue weighted by molar-refractivity contribution is 5.20. The molecular weight excluding hydrogens is 238 g/mol. The van der Waals surface area contributed by atoms with Crippen molar-refractivity contribution < 1.29 is 4.74 Å². The van der Waals surface area contributed by atoms with Crippen LogP contribution in [0.4, 0.5) is 0 Å². The molecule has 0 aliphatic carbocycles. The van der Waals surface area contributed by atoms with Crippen LogP contribution in [0.15, 0.2) is 42.7 Å². The van der Waals surface area contributed by atoms with Gasteiger partial charge in [-0.15, -0.1) is 0 Å². The Morgan fingerprint density at radius 3 is 2.95 bits per heavy atom. The lowest BCUT2D eigenvalue weighted by Crippen LogP contribution is -2.31. The Morgan fingerprint density at radius 1 is 1.37 bits per heavy atom. The first-order valence-electron chi connectivity index (χ1n) is 6.70. The van der Waals surface area contributed by atoms with Gasteiger partial charge in [0.1, 0.15) is 0 Å². The lowest BCUT2D eigenvalue weighted by Gasteiger charge is -2.20. The normalized spacial score (nSPS) is 22.8. The number of rotatable bonds is 4. The fraction of sp³-hybridized carbons (Fsp3) is 0.400. The van der Waals surface area contributed by atoms with E-state index in [0.29, 0.717) is 6.04 Å². The summed E-state index contributed by atoms with van der Waals surface area (Å²) in [6.45, 7) is 1.66. The van der Waals surface area contributed by atoms with E-state index in [-0.39, 0.29) is 6.10 Å². The van der Waals surface area contributed by atoms with Gasteiger partial charge in [0.15, 0.2) is 0 Å². The summed E-state index contributed by atoms with van der Waals surface area (Å²) in [5, 5.41) is 7.77. The number of hydrogen-bond donors (Lipinski definition) is 1. The average molecular weight is 257 g/mol. The number of nitrogens with one attached hydrogen (secondary N) is 1. The molecule has 1 N–H and O–H groups in total. The van der Waals surface area contributed by atoms with E-state index in [0.717, 1.165) is 19.6 Å². The molecule has 1 saturated heterocycles. The number of ether oxygens (including phenoxy) is 1. The molecule has 4 heteroatoms. The summed E-state index contributed by atoms with van der Waals surface area (Å²) in [7, 11) is 1.94. The highest BCUT2D eigenvalue weighted by atomic mass is 16.5. The van der Waals surface area contributed by atoms with Crippen molar-refractivity contribution in [2.75, 3.05) is 6.61 Å². The molecule has 0 spiro atoms. The third kappa shape index (κ3) is 2.85. The van der Waals surface area contributed by atoms with Gasteiger partial charge < -0.3 is 10.1 Å². The summed E-state index contributed by atoms with van der Waals surface area (Å²) in [6, 6.07) is 10.8. The highest BCUT2D eigenvalue weighted by Gasteiger charge is 2.28. The van der Waals surface area contributed by atoms with Crippen molar-refractivity contribution in [3.8, 4) is 0 Å². The van der Waals surface area contributed by atoms with E-state index in [1.807, 2.05) is 30.2 Å². The molecule has 0 bridgehead atoms. The Kier molecular flexibility index (Phi) is 3.62. The molecule has 0 radical (unpaired) electrons. The zero-order valence-corrected chi connectivity index (χ0v) is 11.1. The second kappa shape index (κ2) is 5.55. The van der Waals surface area contributed by atoms with Crippen molar-refractivity contribution in [3.63, 3.8) is 0 Å². The largest absolute Gasteiger partial charge is 0.372 e. The van der Waals surface area contributed by atoms with Crippen LogP contribution in [0.2, 0.25) is 0 Å². The quantitative estimate of drug-likeness (QED) is 0.911. The zero-order valence-electron chi connectivity index (χ0n) is 11.1. The molecule has 0 amide bonds. The SMILES string of the molecule is Cn1cc(CNC2CCOC2c2ccccc2)cn1. The predicted octanol–water partition coefficient (Wildman–Crippen LogP) is 2.04. The minimum Gasteiger partial charge on any atom is -0.372 e. The molecule has 3 rings (SSSR count). The first-order valence-corrected chi connectivity index (χ1v) is 6.70. The minimum atomic E-state index is 0.165. The molecule has 1 aliphatic rings. The number of hydrogen-bond acceptors (Lipinski definition) is 3. The maximum absolute atomic E-state index is 5.86. The summed E-state index contributed by atoms with van der Waals surface area (Å²) in [4.78, 5) is 0. The third-order valence-corrected chi connectivity index (χ3v) is 3.55. The van der Waals surface area contributed by atoms with Gasteiger partial charge in [-0.2, -0.15) is 5.10 Å². The summed E-state index contributed by atoms with van der Waals surface area (Å²) >= 11 is 0. The molecule has 4 nitrogen and oxygen atoms in total. The van der Waals surface area contributed by atoms with Crippen molar-refractivity contribution in [2.45, 2.75) is 25.1 Å².